The second kappa shape index (κ2) is 12.4. The Balaban J connectivity index is 1.43. The third-order valence-electron chi connectivity index (χ3n) is 9.50. The van der Waals surface area contributed by atoms with Gasteiger partial charge in [0, 0.05) is 23.6 Å². The molecule has 5 atom stereocenters. The van der Waals surface area contributed by atoms with Crippen molar-refractivity contribution >= 4 is 23.5 Å². The highest BCUT2D eigenvalue weighted by Gasteiger charge is 2.61. The molecule has 3 N–H and O–H groups in total. The Hall–Kier alpha value is -5.17. The van der Waals surface area contributed by atoms with Crippen molar-refractivity contribution in [3.8, 4) is 17.3 Å². The first-order valence-electron chi connectivity index (χ1n) is 16.3. The van der Waals surface area contributed by atoms with Crippen LogP contribution in [0.15, 0.2) is 57.6 Å². The first kappa shape index (κ1) is 32.4. The van der Waals surface area contributed by atoms with Gasteiger partial charge in [0.05, 0.1) is 7.11 Å². The lowest BCUT2D eigenvalue weighted by molar-refractivity contribution is -0.135. The number of carbonyl (C=O) groups is 3. The number of aliphatic hydroxyl groups is 1. The van der Waals surface area contributed by atoms with Crippen molar-refractivity contribution in [3.05, 3.63) is 82.8 Å². The quantitative estimate of drug-likeness (QED) is 0.213. The molecule has 0 aliphatic carbocycles. The number of methoxy groups -OCH3 is 1. The number of nitrogens with zero attached hydrogens (tertiary/aromatic N) is 2. The summed E-state index contributed by atoms with van der Waals surface area (Å²) in [6.07, 6.45) is -1.21. The van der Waals surface area contributed by atoms with Gasteiger partial charge in [-0.05, 0) is 41.5 Å². The van der Waals surface area contributed by atoms with Gasteiger partial charge in [0.15, 0.2) is 23.5 Å². The summed E-state index contributed by atoms with van der Waals surface area (Å²) in [5.74, 6) is -0.663. The van der Waals surface area contributed by atoms with E-state index in [0.29, 0.717) is 17.2 Å². The van der Waals surface area contributed by atoms with Gasteiger partial charge in [-0.1, -0.05) is 58.0 Å². The molecule has 1 spiro atoms. The fourth-order valence-corrected chi connectivity index (χ4v) is 6.97. The highest BCUT2D eigenvalue weighted by Crippen LogP contribution is 2.59. The number of hydrogen-bond acceptors (Lipinski definition) is 12. The zero-order chi connectivity index (χ0) is 34.6. The van der Waals surface area contributed by atoms with Crippen molar-refractivity contribution in [3.63, 3.8) is 0 Å². The van der Waals surface area contributed by atoms with E-state index in [1.807, 2.05) is 56.3 Å². The molecule has 13 nitrogen and oxygen atoms in total. The molecule has 0 radical (unpaired) electrons. The summed E-state index contributed by atoms with van der Waals surface area (Å²) < 4.78 is 29.0. The van der Waals surface area contributed by atoms with Gasteiger partial charge in [-0.15, -0.1) is 0 Å². The van der Waals surface area contributed by atoms with E-state index in [4.69, 9.17) is 23.3 Å². The highest BCUT2D eigenvalue weighted by atomic mass is 16.7. The van der Waals surface area contributed by atoms with E-state index >= 15 is 0 Å². The predicted molar refractivity (Wildman–Crippen MR) is 173 cm³/mol. The molecule has 3 aliphatic rings. The van der Waals surface area contributed by atoms with Crippen LogP contribution >= 0.6 is 0 Å². The van der Waals surface area contributed by atoms with E-state index in [0.717, 1.165) is 22.4 Å². The maximum Gasteiger partial charge on any atom is 0.508 e. The molecule has 2 unspecified atom stereocenters. The molecule has 0 saturated carbocycles. The number of para-hydroxylation sites is 1. The standard InChI is InChI=1S/C36H38N4O9/c1-17(2)27-33-40-28(32-37-21(15-46-32)16-47-35(44)45-5)30(49-33)36-22-8-6-7-9-24(22)38-34(36)48-26-11-10-19(13-23(26)36)12-20(31(43)39-27)14-25(41)29(42)18(3)4/h6-11,13,15,17-18,20,27,29,34,38,42H,12,14,16H2,1-5H3,(H,39,43)/t20?,27-,29-,34-,36?/m0/s1. The van der Waals surface area contributed by atoms with Crippen molar-refractivity contribution in [2.75, 3.05) is 12.4 Å². The van der Waals surface area contributed by atoms with Crippen molar-refractivity contribution in [1.82, 2.24) is 15.3 Å². The molecule has 7 rings (SSSR count). The Morgan fingerprint density at radius 1 is 1.08 bits per heavy atom. The van der Waals surface area contributed by atoms with Gasteiger partial charge in [-0.2, -0.15) is 0 Å². The topological polar surface area (TPSA) is 175 Å². The largest absolute Gasteiger partial charge is 0.508 e. The molecule has 49 heavy (non-hydrogen) atoms. The zero-order valence-electron chi connectivity index (χ0n) is 27.8. The number of fused-ring (bicyclic) bond motifs is 4. The number of oxazole rings is 2. The molecule has 3 aliphatic heterocycles. The highest BCUT2D eigenvalue weighted by molar-refractivity contribution is 5.89. The Bertz CT molecular complexity index is 1930. The average molecular weight is 671 g/mol. The number of anilines is 1. The summed E-state index contributed by atoms with van der Waals surface area (Å²) in [6, 6.07) is 12.9. The van der Waals surface area contributed by atoms with Gasteiger partial charge >= 0.3 is 6.16 Å². The molecule has 256 valence electrons. The smallest absolute Gasteiger partial charge is 0.469 e. The van der Waals surface area contributed by atoms with Gasteiger partial charge in [0.1, 0.15) is 41.9 Å². The zero-order valence-corrected chi connectivity index (χ0v) is 27.8. The third kappa shape index (κ3) is 5.41. The minimum atomic E-state index is -1.19. The minimum absolute atomic E-state index is 0.116. The minimum Gasteiger partial charge on any atom is -0.469 e. The first-order valence-corrected chi connectivity index (χ1v) is 16.3. The van der Waals surface area contributed by atoms with E-state index in [-0.39, 0.29) is 54.7 Å². The SMILES string of the molecule is COC(=O)OCc1coc(-c2nc3oc2C24c5ccccc5N[C@H]2Oc2ccc(cc24)CC(CC(=O)[C@@H](O)C(C)C)C(=O)N[C@H]3C(C)C)n1. The molecule has 2 aromatic heterocycles. The van der Waals surface area contributed by atoms with E-state index in [1.54, 1.807) is 13.8 Å². The molecule has 13 heteroatoms. The number of amides is 1. The Morgan fingerprint density at radius 3 is 2.63 bits per heavy atom. The van der Waals surface area contributed by atoms with Gasteiger partial charge < -0.3 is 38.8 Å². The van der Waals surface area contributed by atoms with Crippen molar-refractivity contribution in [2.24, 2.45) is 17.8 Å². The number of rotatable bonds is 8. The summed E-state index contributed by atoms with van der Waals surface area (Å²) in [5, 5.41) is 17.2. The summed E-state index contributed by atoms with van der Waals surface area (Å²) >= 11 is 0. The van der Waals surface area contributed by atoms with Crippen LogP contribution in [0.4, 0.5) is 10.5 Å². The van der Waals surface area contributed by atoms with E-state index in [2.05, 4.69) is 20.4 Å². The number of carbonyl (C=O) groups excluding carboxylic acids is 3. The molecule has 0 fully saturated rings. The van der Waals surface area contributed by atoms with Gasteiger partial charge in [-0.3, -0.25) is 9.59 Å². The lowest BCUT2D eigenvalue weighted by Crippen LogP contribution is -2.41. The molecule has 1 amide bonds. The third-order valence-corrected chi connectivity index (χ3v) is 9.50. The average Bonchev–Trinajstić information content (AvgIpc) is 3.86. The molecular formula is C36H38N4O9. The number of aromatic nitrogens is 2. The van der Waals surface area contributed by atoms with Crippen LogP contribution in [-0.4, -0.2) is 52.4 Å². The normalized spacial score (nSPS) is 22.6. The van der Waals surface area contributed by atoms with E-state index in [1.165, 1.54) is 13.4 Å². The van der Waals surface area contributed by atoms with Crippen LogP contribution in [0.3, 0.4) is 0 Å². The van der Waals surface area contributed by atoms with Crippen LogP contribution in [0, 0.1) is 17.8 Å². The first-order chi connectivity index (χ1) is 23.5. The lowest BCUT2D eigenvalue weighted by Gasteiger charge is -2.28. The molecule has 5 heterocycles. The number of ketones is 1. The van der Waals surface area contributed by atoms with E-state index in [9.17, 15) is 19.5 Å². The van der Waals surface area contributed by atoms with Crippen LogP contribution < -0.4 is 15.4 Å². The molecule has 2 aromatic carbocycles. The van der Waals surface area contributed by atoms with Gasteiger partial charge in [-0.25, -0.2) is 14.8 Å². The number of ether oxygens (including phenoxy) is 3. The lowest BCUT2D eigenvalue weighted by atomic mass is 9.72. The Kier molecular flexibility index (Phi) is 8.18. The second-order valence-electron chi connectivity index (χ2n) is 13.4. The number of nitrogens with one attached hydrogen (secondary N) is 2. The summed E-state index contributed by atoms with van der Waals surface area (Å²) in [7, 11) is 1.21. The second-order valence-corrected chi connectivity index (χ2v) is 13.4. The monoisotopic (exact) mass is 670 g/mol. The van der Waals surface area contributed by atoms with Crippen molar-refractivity contribution < 1.29 is 42.5 Å². The number of aliphatic hydroxyl groups excluding tert-OH is 1. The summed E-state index contributed by atoms with van der Waals surface area (Å²) in [6.45, 7) is 7.21. The van der Waals surface area contributed by atoms with Crippen LogP contribution in [0.2, 0.25) is 0 Å². The summed E-state index contributed by atoms with van der Waals surface area (Å²) in [5.41, 5.74) is 2.86. The predicted octanol–water partition coefficient (Wildman–Crippen LogP) is 5.05. The van der Waals surface area contributed by atoms with Gasteiger partial charge in [0.2, 0.25) is 17.7 Å². The van der Waals surface area contributed by atoms with Crippen LogP contribution in [-0.2, 0) is 37.5 Å². The van der Waals surface area contributed by atoms with Crippen molar-refractivity contribution in [2.45, 2.75) is 70.9 Å². The Labute approximate surface area is 282 Å². The summed E-state index contributed by atoms with van der Waals surface area (Å²) in [4.78, 5) is 48.4. The molecule has 4 aromatic rings. The molecule has 4 bridgehead atoms. The number of hydrogen-bond donors (Lipinski definition) is 3. The maximum absolute atomic E-state index is 14.1. The van der Waals surface area contributed by atoms with Crippen LogP contribution in [0.5, 0.6) is 5.75 Å². The van der Waals surface area contributed by atoms with Crippen molar-refractivity contribution in [1.29, 1.82) is 0 Å². The number of Topliss-reactive ketones (excluding diaryl/α,β-unsaturated/α-hetero) is 1. The van der Waals surface area contributed by atoms with Crippen LogP contribution in [0.25, 0.3) is 11.6 Å². The number of benzene rings is 2. The molecular weight excluding hydrogens is 632 g/mol. The van der Waals surface area contributed by atoms with Gasteiger partial charge in [0.25, 0.3) is 0 Å². The fraction of sp³-hybridized carbons (Fsp3) is 0.417. The fourth-order valence-electron chi connectivity index (χ4n) is 6.97. The Morgan fingerprint density at radius 2 is 1.88 bits per heavy atom. The maximum atomic E-state index is 14.1. The van der Waals surface area contributed by atoms with Crippen LogP contribution in [0.1, 0.15) is 74.2 Å². The molecule has 0 saturated heterocycles. The van der Waals surface area contributed by atoms with E-state index < -0.39 is 41.6 Å².